The topological polar surface area (TPSA) is 32.7 Å². The molecule has 0 aromatic carbocycles. The summed E-state index contributed by atoms with van der Waals surface area (Å²) in [7, 11) is 0. The van der Waals surface area contributed by atoms with Crippen LogP contribution >= 0.6 is 0 Å². The summed E-state index contributed by atoms with van der Waals surface area (Å²) in [5, 5.41) is 8.66. The highest BCUT2D eigenvalue weighted by Gasteiger charge is 2.20. The molecular formula is C12H25NO2. The van der Waals surface area contributed by atoms with Crippen molar-refractivity contribution in [2.75, 3.05) is 32.8 Å². The van der Waals surface area contributed by atoms with Gasteiger partial charge in [0.25, 0.3) is 0 Å². The van der Waals surface area contributed by atoms with Crippen LogP contribution in [0.25, 0.3) is 0 Å². The lowest BCUT2D eigenvalue weighted by molar-refractivity contribution is -0.00964. The normalized spacial score (nSPS) is 21.8. The molecule has 1 aliphatic rings. The van der Waals surface area contributed by atoms with E-state index >= 15 is 0 Å². The summed E-state index contributed by atoms with van der Waals surface area (Å²) in [5.74, 6) is 0.805. The van der Waals surface area contributed by atoms with Gasteiger partial charge >= 0.3 is 0 Å². The summed E-state index contributed by atoms with van der Waals surface area (Å²) in [6.07, 6.45) is 3.89. The van der Waals surface area contributed by atoms with Gasteiger partial charge in [0, 0.05) is 19.6 Å². The van der Waals surface area contributed by atoms with Crippen LogP contribution in [0.2, 0.25) is 0 Å². The Morgan fingerprint density at radius 1 is 1.40 bits per heavy atom. The van der Waals surface area contributed by atoms with Crippen molar-refractivity contribution in [1.82, 2.24) is 4.90 Å². The average molecular weight is 215 g/mol. The molecule has 0 aromatic rings. The van der Waals surface area contributed by atoms with E-state index in [9.17, 15) is 0 Å². The Bertz CT molecular complexity index is 156. The SMILES string of the molecule is CCC(C)CN1CCC(OCCO)CC1. The van der Waals surface area contributed by atoms with Gasteiger partial charge in [0.05, 0.1) is 19.3 Å². The average Bonchev–Trinajstić information content (AvgIpc) is 2.28. The van der Waals surface area contributed by atoms with E-state index in [-0.39, 0.29) is 6.61 Å². The molecule has 0 aromatic heterocycles. The number of piperidine rings is 1. The van der Waals surface area contributed by atoms with Crippen LogP contribution in [0.1, 0.15) is 33.1 Å². The summed E-state index contributed by atoms with van der Waals surface area (Å²) in [5.41, 5.74) is 0. The first-order valence-corrected chi connectivity index (χ1v) is 6.21. The molecule has 0 saturated carbocycles. The van der Waals surface area contributed by atoms with Crippen molar-refractivity contribution in [2.24, 2.45) is 5.92 Å². The molecule has 0 amide bonds. The Morgan fingerprint density at radius 3 is 2.60 bits per heavy atom. The highest BCUT2D eigenvalue weighted by Crippen LogP contribution is 2.15. The quantitative estimate of drug-likeness (QED) is 0.729. The first kappa shape index (κ1) is 12.9. The zero-order valence-corrected chi connectivity index (χ0v) is 10.1. The van der Waals surface area contributed by atoms with E-state index in [0.29, 0.717) is 12.7 Å². The summed E-state index contributed by atoms with van der Waals surface area (Å²) in [6.45, 7) is 8.74. The molecule has 1 saturated heterocycles. The number of aliphatic hydroxyl groups excluding tert-OH is 1. The third-order valence-electron chi connectivity index (χ3n) is 3.25. The molecule has 1 atom stereocenters. The molecule has 15 heavy (non-hydrogen) atoms. The Morgan fingerprint density at radius 2 is 2.07 bits per heavy atom. The largest absolute Gasteiger partial charge is 0.394 e. The predicted octanol–water partition coefficient (Wildman–Crippen LogP) is 1.51. The van der Waals surface area contributed by atoms with Gasteiger partial charge < -0.3 is 14.7 Å². The molecule has 3 nitrogen and oxygen atoms in total. The van der Waals surface area contributed by atoms with Gasteiger partial charge in [-0.3, -0.25) is 0 Å². The number of aliphatic hydroxyl groups is 1. The van der Waals surface area contributed by atoms with Crippen molar-refractivity contribution in [2.45, 2.75) is 39.2 Å². The number of hydrogen-bond acceptors (Lipinski definition) is 3. The van der Waals surface area contributed by atoms with Crippen LogP contribution in [0.3, 0.4) is 0 Å². The van der Waals surface area contributed by atoms with E-state index in [1.807, 2.05) is 0 Å². The third-order valence-corrected chi connectivity index (χ3v) is 3.25. The predicted molar refractivity (Wildman–Crippen MR) is 62.0 cm³/mol. The Labute approximate surface area is 93.4 Å². The number of likely N-dealkylation sites (tertiary alicyclic amines) is 1. The molecule has 1 N–H and O–H groups in total. The molecule has 0 spiro atoms. The lowest BCUT2D eigenvalue weighted by atomic mass is 10.0. The number of ether oxygens (including phenoxy) is 1. The number of rotatable bonds is 6. The smallest absolute Gasteiger partial charge is 0.0701 e. The van der Waals surface area contributed by atoms with E-state index < -0.39 is 0 Å². The maximum Gasteiger partial charge on any atom is 0.0701 e. The van der Waals surface area contributed by atoms with Gasteiger partial charge in [-0.15, -0.1) is 0 Å². The Balaban J connectivity index is 2.12. The first-order chi connectivity index (χ1) is 7.26. The standard InChI is InChI=1S/C12H25NO2/c1-3-11(2)10-13-6-4-12(5-7-13)15-9-8-14/h11-12,14H,3-10H2,1-2H3. The fraction of sp³-hybridized carbons (Fsp3) is 1.00. The van der Waals surface area contributed by atoms with Gasteiger partial charge in [0.1, 0.15) is 0 Å². The molecule has 1 fully saturated rings. The fourth-order valence-corrected chi connectivity index (χ4v) is 2.05. The summed E-state index contributed by atoms with van der Waals surface area (Å²) >= 11 is 0. The monoisotopic (exact) mass is 215 g/mol. The lowest BCUT2D eigenvalue weighted by Crippen LogP contribution is -2.39. The van der Waals surface area contributed by atoms with Crippen LogP contribution in [0.5, 0.6) is 0 Å². The van der Waals surface area contributed by atoms with Crippen molar-refractivity contribution in [1.29, 1.82) is 0 Å². The maximum absolute atomic E-state index is 8.66. The molecule has 0 aliphatic carbocycles. The summed E-state index contributed by atoms with van der Waals surface area (Å²) in [4.78, 5) is 2.53. The second-order valence-corrected chi connectivity index (χ2v) is 4.61. The van der Waals surface area contributed by atoms with Crippen LogP contribution in [0.15, 0.2) is 0 Å². The van der Waals surface area contributed by atoms with Gasteiger partial charge in [-0.2, -0.15) is 0 Å². The fourth-order valence-electron chi connectivity index (χ4n) is 2.05. The summed E-state index contributed by atoms with van der Waals surface area (Å²) in [6, 6.07) is 0. The van der Waals surface area contributed by atoms with Gasteiger partial charge in [0.15, 0.2) is 0 Å². The molecule has 0 bridgehead atoms. The number of hydrogen-bond donors (Lipinski definition) is 1. The molecule has 3 heteroatoms. The second-order valence-electron chi connectivity index (χ2n) is 4.61. The van der Waals surface area contributed by atoms with E-state index in [1.54, 1.807) is 0 Å². The van der Waals surface area contributed by atoms with Crippen molar-refractivity contribution in [3.63, 3.8) is 0 Å². The second kappa shape index (κ2) is 7.20. The molecule has 1 rings (SSSR count). The maximum atomic E-state index is 8.66. The molecule has 1 unspecified atom stereocenters. The van der Waals surface area contributed by atoms with Crippen LogP contribution < -0.4 is 0 Å². The lowest BCUT2D eigenvalue weighted by Gasteiger charge is -2.33. The van der Waals surface area contributed by atoms with Gasteiger partial charge in [-0.05, 0) is 18.8 Å². The van der Waals surface area contributed by atoms with E-state index in [1.165, 1.54) is 13.0 Å². The van der Waals surface area contributed by atoms with Crippen LogP contribution in [-0.4, -0.2) is 49.0 Å². The van der Waals surface area contributed by atoms with Crippen LogP contribution in [0.4, 0.5) is 0 Å². The minimum Gasteiger partial charge on any atom is -0.394 e. The minimum absolute atomic E-state index is 0.146. The van der Waals surface area contributed by atoms with Crippen LogP contribution in [0, 0.1) is 5.92 Å². The van der Waals surface area contributed by atoms with Gasteiger partial charge in [-0.25, -0.2) is 0 Å². The number of nitrogens with zero attached hydrogens (tertiary/aromatic N) is 1. The highest BCUT2D eigenvalue weighted by molar-refractivity contribution is 4.73. The minimum atomic E-state index is 0.146. The van der Waals surface area contributed by atoms with Crippen molar-refractivity contribution in [3.8, 4) is 0 Å². The van der Waals surface area contributed by atoms with Gasteiger partial charge in [-0.1, -0.05) is 20.3 Å². The van der Waals surface area contributed by atoms with Crippen molar-refractivity contribution < 1.29 is 9.84 Å². The molecule has 0 radical (unpaired) electrons. The Hall–Kier alpha value is -0.120. The van der Waals surface area contributed by atoms with Crippen molar-refractivity contribution in [3.05, 3.63) is 0 Å². The zero-order valence-electron chi connectivity index (χ0n) is 10.1. The molecule has 1 heterocycles. The first-order valence-electron chi connectivity index (χ1n) is 6.21. The molecule has 90 valence electrons. The van der Waals surface area contributed by atoms with Gasteiger partial charge in [0.2, 0.25) is 0 Å². The van der Waals surface area contributed by atoms with E-state index in [2.05, 4.69) is 18.7 Å². The van der Waals surface area contributed by atoms with E-state index in [0.717, 1.165) is 31.8 Å². The van der Waals surface area contributed by atoms with Crippen molar-refractivity contribution >= 4 is 0 Å². The summed E-state index contributed by atoms with van der Waals surface area (Å²) < 4.78 is 5.54. The van der Waals surface area contributed by atoms with Crippen LogP contribution in [-0.2, 0) is 4.74 Å². The van der Waals surface area contributed by atoms with E-state index in [4.69, 9.17) is 9.84 Å². The molecule has 1 aliphatic heterocycles. The highest BCUT2D eigenvalue weighted by atomic mass is 16.5. The molecular weight excluding hydrogens is 190 g/mol. The zero-order chi connectivity index (χ0) is 11.1. The Kier molecular flexibility index (Phi) is 6.22. The third kappa shape index (κ3) is 4.96.